The molecule has 1 aromatic carbocycles. The van der Waals surface area contributed by atoms with E-state index in [1.165, 1.54) is 0 Å². The molecule has 1 heterocycles. The third-order valence-corrected chi connectivity index (χ3v) is 3.21. The monoisotopic (exact) mass is 259 g/mol. The Balaban J connectivity index is 2.01. The molecule has 1 aliphatic carbocycles. The molecule has 3 rings (SSSR count). The lowest BCUT2D eigenvalue weighted by Crippen LogP contribution is -2.09. The van der Waals surface area contributed by atoms with Gasteiger partial charge < -0.3 is 0 Å². The summed E-state index contributed by atoms with van der Waals surface area (Å²) in [6.45, 7) is 0. The molecule has 96 valence electrons. The Bertz CT molecular complexity index is 740. The van der Waals surface area contributed by atoms with Gasteiger partial charge in [-0.25, -0.2) is 0 Å². The molecule has 0 aliphatic heterocycles. The molecule has 0 unspecified atom stereocenters. The van der Waals surface area contributed by atoms with Gasteiger partial charge in [-0.05, 0) is 41.0 Å². The molecule has 1 aromatic heterocycles. The molecule has 0 radical (unpaired) electrons. The lowest BCUT2D eigenvalue weighted by Gasteiger charge is -2.10. The van der Waals surface area contributed by atoms with E-state index in [0.717, 1.165) is 22.3 Å². The molecule has 0 spiro atoms. The van der Waals surface area contributed by atoms with Crippen LogP contribution in [-0.4, -0.2) is 16.4 Å². The number of allylic oxidation sites excluding steroid dienone is 4. The Morgan fingerprint density at radius 1 is 0.800 bits per heavy atom. The van der Waals surface area contributed by atoms with Gasteiger partial charge in [0, 0.05) is 18.0 Å². The molecule has 0 amide bonds. The molecular weight excluding hydrogens is 246 g/mol. The zero-order valence-corrected chi connectivity index (χ0v) is 10.8. The van der Waals surface area contributed by atoms with Gasteiger partial charge in [0.2, 0.25) is 0 Å². The summed E-state index contributed by atoms with van der Waals surface area (Å²) in [6.07, 6.45) is 8.86. The minimum Gasteiger partial charge on any atom is -0.299 e. The summed E-state index contributed by atoms with van der Waals surface area (Å²) < 4.78 is 0. The summed E-state index contributed by atoms with van der Waals surface area (Å²) in [5, 5.41) is 15.3. The van der Waals surface area contributed by atoms with E-state index >= 15 is 0 Å². The van der Waals surface area contributed by atoms with Crippen LogP contribution in [0, 0.1) is 10.8 Å². The number of hydrogen-bond donors (Lipinski definition) is 2. The predicted molar refractivity (Wildman–Crippen MR) is 82.2 cm³/mol. The van der Waals surface area contributed by atoms with Crippen LogP contribution in [0.4, 0.5) is 0 Å². The molecule has 1 aliphatic rings. The molecular formula is C17H13N3. The van der Waals surface area contributed by atoms with Crippen molar-refractivity contribution in [2.75, 3.05) is 0 Å². The van der Waals surface area contributed by atoms with Crippen molar-refractivity contribution in [3.63, 3.8) is 0 Å². The van der Waals surface area contributed by atoms with Crippen LogP contribution >= 0.6 is 0 Å². The topological polar surface area (TPSA) is 60.6 Å². The summed E-state index contributed by atoms with van der Waals surface area (Å²) in [6, 6.07) is 12.1. The second kappa shape index (κ2) is 5.05. The Labute approximate surface area is 117 Å². The first-order valence-electron chi connectivity index (χ1n) is 6.32. The Hall–Kier alpha value is -2.81. The van der Waals surface area contributed by atoms with Crippen LogP contribution in [-0.2, 0) is 0 Å². The van der Waals surface area contributed by atoms with E-state index in [1.54, 1.807) is 18.3 Å². The van der Waals surface area contributed by atoms with Crippen molar-refractivity contribution in [3.8, 4) is 11.1 Å². The molecule has 20 heavy (non-hydrogen) atoms. The number of benzene rings is 1. The van der Waals surface area contributed by atoms with Crippen molar-refractivity contribution in [2.24, 2.45) is 0 Å². The van der Waals surface area contributed by atoms with Crippen LogP contribution in [0.2, 0.25) is 0 Å². The Kier molecular flexibility index (Phi) is 3.09. The second-order valence-corrected chi connectivity index (χ2v) is 4.58. The fraction of sp³-hybridized carbons (Fsp3) is 0. The van der Waals surface area contributed by atoms with Gasteiger partial charge in [0.25, 0.3) is 0 Å². The van der Waals surface area contributed by atoms with Crippen molar-refractivity contribution < 1.29 is 0 Å². The predicted octanol–water partition coefficient (Wildman–Crippen LogP) is 3.74. The van der Waals surface area contributed by atoms with Crippen molar-refractivity contribution in [3.05, 3.63) is 72.6 Å². The van der Waals surface area contributed by atoms with Crippen LogP contribution in [0.25, 0.3) is 16.7 Å². The van der Waals surface area contributed by atoms with Gasteiger partial charge in [-0.3, -0.25) is 15.8 Å². The average Bonchev–Trinajstić information content (AvgIpc) is 2.51. The zero-order chi connectivity index (χ0) is 13.9. The van der Waals surface area contributed by atoms with Crippen LogP contribution in [0.5, 0.6) is 0 Å². The lowest BCUT2D eigenvalue weighted by molar-refractivity contribution is 1.33. The smallest absolute Gasteiger partial charge is 0.0795 e. The number of hydrogen-bond acceptors (Lipinski definition) is 3. The molecule has 0 fully saturated rings. The van der Waals surface area contributed by atoms with Gasteiger partial charge >= 0.3 is 0 Å². The fourth-order valence-electron chi connectivity index (χ4n) is 2.14. The summed E-state index contributed by atoms with van der Waals surface area (Å²) >= 11 is 0. The molecule has 0 saturated heterocycles. The SMILES string of the molecule is N=C1C=CC(c2cccc(-c3cccnc3)c2)=CC1=N. The van der Waals surface area contributed by atoms with Crippen molar-refractivity contribution >= 4 is 17.0 Å². The van der Waals surface area contributed by atoms with Crippen LogP contribution in [0.1, 0.15) is 5.56 Å². The molecule has 0 saturated carbocycles. The highest BCUT2D eigenvalue weighted by molar-refractivity contribution is 6.50. The van der Waals surface area contributed by atoms with Crippen LogP contribution in [0.15, 0.2) is 67.0 Å². The number of nitrogens with one attached hydrogen (secondary N) is 2. The first kappa shape index (κ1) is 12.2. The second-order valence-electron chi connectivity index (χ2n) is 4.58. The quantitative estimate of drug-likeness (QED) is 0.793. The molecule has 0 bridgehead atoms. The maximum absolute atomic E-state index is 7.73. The number of rotatable bonds is 2. The standard InChI is InChI=1S/C17H13N3/c18-16-7-6-14(10-17(16)19)12-3-1-4-13(9-12)15-5-2-8-20-11-15/h1-11,18-19H. The number of nitrogens with zero attached hydrogens (tertiary/aromatic N) is 1. The minimum atomic E-state index is 0.245. The summed E-state index contributed by atoms with van der Waals surface area (Å²) in [5.41, 5.74) is 4.65. The summed E-state index contributed by atoms with van der Waals surface area (Å²) in [7, 11) is 0. The molecule has 2 N–H and O–H groups in total. The summed E-state index contributed by atoms with van der Waals surface area (Å²) in [5.74, 6) is 0. The van der Waals surface area contributed by atoms with Crippen LogP contribution < -0.4 is 0 Å². The van der Waals surface area contributed by atoms with Gasteiger partial charge in [-0.1, -0.05) is 30.3 Å². The zero-order valence-electron chi connectivity index (χ0n) is 10.8. The highest BCUT2D eigenvalue weighted by Gasteiger charge is 2.09. The van der Waals surface area contributed by atoms with E-state index in [4.69, 9.17) is 10.8 Å². The highest BCUT2D eigenvalue weighted by atomic mass is 14.6. The van der Waals surface area contributed by atoms with Crippen molar-refractivity contribution in [1.82, 2.24) is 4.98 Å². The van der Waals surface area contributed by atoms with Crippen molar-refractivity contribution in [1.29, 1.82) is 10.8 Å². The van der Waals surface area contributed by atoms with Gasteiger partial charge in [-0.2, -0.15) is 0 Å². The molecule has 3 nitrogen and oxygen atoms in total. The van der Waals surface area contributed by atoms with E-state index in [2.05, 4.69) is 11.1 Å². The Morgan fingerprint density at radius 3 is 2.35 bits per heavy atom. The van der Waals surface area contributed by atoms with Crippen LogP contribution in [0.3, 0.4) is 0 Å². The maximum Gasteiger partial charge on any atom is 0.0795 e. The lowest BCUT2D eigenvalue weighted by atomic mass is 9.95. The van der Waals surface area contributed by atoms with Gasteiger partial charge in [0.05, 0.1) is 11.4 Å². The molecule has 3 heteroatoms. The average molecular weight is 259 g/mol. The number of aromatic nitrogens is 1. The van der Waals surface area contributed by atoms with E-state index < -0.39 is 0 Å². The van der Waals surface area contributed by atoms with Gasteiger partial charge in [0.1, 0.15) is 0 Å². The minimum absolute atomic E-state index is 0.245. The normalized spacial score (nSPS) is 14.3. The van der Waals surface area contributed by atoms with E-state index in [9.17, 15) is 0 Å². The first-order chi connectivity index (χ1) is 9.74. The third-order valence-electron chi connectivity index (χ3n) is 3.21. The fourth-order valence-corrected chi connectivity index (χ4v) is 2.14. The van der Waals surface area contributed by atoms with Gasteiger partial charge in [-0.15, -0.1) is 0 Å². The van der Waals surface area contributed by atoms with Gasteiger partial charge in [0.15, 0.2) is 0 Å². The number of pyridine rings is 1. The summed E-state index contributed by atoms with van der Waals surface area (Å²) in [4.78, 5) is 4.13. The largest absolute Gasteiger partial charge is 0.299 e. The first-order valence-corrected chi connectivity index (χ1v) is 6.32. The van der Waals surface area contributed by atoms with E-state index in [0.29, 0.717) is 0 Å². The maximum atomic E-state index is 7.73. The highest BCUT2D eigenvalue weighted by Crippen LogP contribution is 2.25. The van der Waals surface area contributed by atoms with E-state index in [1.807, 2.05) is 42.6 Å². The van der Waals surface area contributed by atoms with Crippen molar-refractivity contribution in [2.45, 2.75) is 0 Å². The Morgan fingerprint density at radius 2 is 1.60 bits per heavy atom. The third kappa shape index (κ3) is 2.34. The van der Waals surface area contributed by atoms with E-state index in [-0.39, 0.29) is 11.4 Å². The molecule has 0 atom stereocenters. The molecule has 2 aromatic rings.